The molecule has 0 fully saturated rings. The lowest BCUT2D eigenvalue weighted by molar-refractivity contribution is -0.143. The largest absolute Gasteiger partial charge is 0.468 e. The number of rotatable bonds is 9. The Morgan fingerprint density at radius 2 is 2.00 bits per heavy atom. The van der Waals surface area contributed by atoms with Gasteiger partial charge >= 0.3 is 5.97 Å². The third kappa shape index (κ3) is 6.17. The minimum absolute atomic E-state index is 0.177. The Hall–Kier alpha value is -1.39. The Bertz CT molecular complexity index is 381. The first-order valence-corrected chi connectivity index (χ1v) is 7.21. The van der Waals surface area contributed by atoms with Crippen LogP contribution in [-0.4, -0.2) is 50.7 Å². The van der Waals surface area contributed by atoms with Crippen LogP contribution in [0.3, 0.4) is 0 Å². The predicted octanol–water partition coefficient (Wildman–Crippen LogP) is 1.70. The smallest absolute Gasteiger partial charge is 0.322 e. The molecule has 20 heavy (non-hydrogen) atoms. The van der Waals surface area contributed by atoms with E-state index in [9.17, 15) is 4.79 Å². The Morgan fingerprint density at radius 1 is 1.30 bits per heavy atom. The highest BCUT2D eigenvalue weighted by Crippen LogP contribution is 2.02. The molecule has 0 spiro atoms. The van der Waals surface area contributed by atoms with Gasteiger partial charge in [-0.05, 0) is 38.5 Å². The van der Waals surface area contributed by atoms with Crippen molar-refractivity contribution >= 4 is 5.97 Å². The van der Waals surface area contributed by atoms with Crippen molar-refractivity contribution in [2.75, 3.05) is 33.8 Å². The van der Waals surface area contributed by atoms with E-state index in [2.05, 4.69) is 41.5 Å². The normalized spacial score (nSPS) is 12.4. The van der Waals surface area contributed by atoms with Gasteiger partial charge in [-0.3, -0.25) is 4.79 Å². The first kappa shape index (κ1) is 16.7. The molecule has 0 saturated carbocycles. The van der Waals surface area contributed by atoms with Gasteiger partial charge in [-0.15, -0.1) is 0 Å². The van der Waals surface area contributed by atoms with Gasteiger partial charge in [-0.25, -0.2) is 0 Å². The highest BCUT2D eigenvalue weighted by Gasteiger charge is 2.17. The third-order valence-corrected chi connectivity index (χ3v) is 3.36. The van der Waals surface area contributed by atoms with Crippen LogP contribution in [-0.2, 0) is 16.0 Å². The molecule has 1 unspecified atom stereocenters. The summed E-state index contributed by atoms with van der Waals surface area (Å²) < 4.78 is 4.81. The number of methoxy groups -OCH3 is 1. The van der Waals surface area contributed by atoms with Gasteiger partial charge in [0.05, 0.1) is 7.11 Å². The van der Waals surface area contributed by atoms with E-state index in [1.165, 1.54) is 12.7 Å². The molecule has 0 aliphatic rings. The van der Waals surface area contributed by atoms with Gasteiger partial charge in [0.15, 0.2) is 0 Å². The number of benzene rings is 1. The van der Waals surface area contributed by atoms with Crippen molar-refractivity contribution in [3.63, 3.8) is 0 Å². The number of carbonyl (C=O) groups is 1. The van der Waals surface area contributed by atoms with Gasteiger partial charge in [0.1, 0.15) is 6.04 Å². The van der Waals surface area contributed by atoms with Crippen molar-refractivity contribution in [3.8, 4) is 0 Å². The number of hydrogen-bond donors (Lipinski definition) is 1. The molecule has 0 aliphatic carbocycles. The Kier molecular flexibility index (Phi) is 7.92. The monoisotopic (exact) mass is 278 g/mol. The molecule has 0 radical (unpaired) electrons. The molecule has 0 amide bonds. The van der Waals surface area contributed by atoms with Crippen LogP contribution in [0, 0.1) is 0 Å². The van der Waals surface area contributed by atoms with Crippen molar-refractivity contribution in [2.45, 2.75) is 25.8 Å². The fraction of sp³-hybridized carbons (Fsp3) is 0.562. The molecule has 0 heterocycles. The summed E-state index contributed by atoms with van der Waals surface area (Å²) in [5.41, 5.74) is 1.34. The first-order valence-electron chi connectivity index (χ1n) is 7.21. The zero-order valence-electron chi connectivity index (χ0n) is 12.8. The molecular weight excluding hydrogens is 252 g/mol. The van der Waals surface area contributed by atoms with Gasteiger partial charge in [0, 0.05) is 6.54 Å². The van der Waals surface area contributed by atoms with Crippen LogP contribution < -0.4 is 5.32 Å². The van der Waals surface area contributed by atoms with Crippen molar-refractivity contribution in [1.82, 2.24) is 10.2 Å². The number of hydrogen-bond acceptors (Lipinski definition) is 4. The second-order valence-electron chi connectivity index (χ2n) is 4.96. The fourth-order valence-corrected chi connectivity index (χ4v) is 2.12. The summed E-state index contributed by atoms with van der Waals surface area (Å²) in [6.07, 6.45) is 1.80. The van der Waals surface area contributed by atoms with E-state index in [1.54, 1.807) is 0 Å². The molecule has 4 heteroatoms. The minimum atomic E-state index is -0.204. The van der Waals surface area contributed by atoms with E-state index in [4.69, 9.17) is 4.74 Å². The van der Waals surface area contributed by atoms with Crippen molar-refractivity contribution < 1.29 is 9.53 Å². The SMILES string of the molecule is CCNC(CCN(C)CCc1ccccc1)C(=O)OC. The molecule has 4 nitrogen and oxygen atoms in total. The molecule has 0 bridgehead atoms. The Labute approximate surface area is 122 Å². The molecule has 112 valence electrons. The number of nitrogens with zero attached hydrogens (tertiary/aromatic N) is 1. The average molecular weight is 278 g/mol. The van der Waals surface area contributed by atoms with Crippen LogP contribution in [0.2, 0.25) is 0 Å². The summed E-state index contributed by atoms with van der Waals surface area (Å²) in [6.45, 7) is 4.63. The van der Waals surface area contributed by atoms with E-state index >= 15 is 0 Å². The molecule has 0 saturated heterocycles. The summed E-state index contributed by atoms with van der Waals surface area (Å²) in [7, 11) is 3.52. The second-order valence-corrected chi connectivity index (χ2v) is 4.96. The molecule has 1 N–H and O–H groups in total. The topological polar surface area (TPSA) is 41.6 Å². The minimum Gasteiger partial charge on any atom is -0.468 e. The standard InChI is InChI=1S/C16H26N2O2/c1-4-17-15(16(19)20-3)11-13-18(2)12-10-14-8-6-5-7-9-14/h5-9,15,17H,4,10-13H2,1-3H3. The lowest BCUT2D eigenvalue weighted by Crippen LogP contribution is -2.40. The van der Waals surface area contributed by atoms with Crippen molar-refractivity contribution in [2.24, 2.45) is 0 Å². The zero-order valence-corrected chi connectivity index (χ0v) is 12.8. The Morgan fingerprint density at radius 3 is 2.60 bits per heavy atom. The van der Waals surface area contributed by atoms with Crippen LogP contribution in [0.5, 0.6) is 0 Å². The molecule has 1 atom stereocenters. The van der Waals surface area contributed by atoms with E-state index in [-0.39, 0.29) is 12.0 Å². The third-order valence-electron chi connectivity index (χ3n) is 3.36. The van der Waals surface area contributed by atoms with Crippen LogP contribution >= 0.6 is 0 Å². The highest BCUT2D eigenvalue weighted by atomic mass is 16.5. The average Bonchev–Trinajstić information content (AvgIpc) is 2.49. The summed E-state index contributed by atoms with van der Waals surface area (Å²) in [5.74, 6) is -0.177. The van der Waals surface area contributed by atoms with Crippen LogP contribution in [0.25, 0.3) is 0 Å². The maximum Gasteiger partial charge on any atom is 0.322 e. The zero-order chi connectivity index (χ0) is 14.8. The molecule has 0 aliphatic heterocycles. The lowest BCUT2D eigenvalue weighted by atomic mass is 10.1. The summed E-state index contributed by atoms with van der Waals surface area (Å²) in [5, 5.41) is 3.16. The van der Waals surface area contributed by atoms with E-state index in [0.717, 1.165) is 32.5 Å². The van der Waals surface area contributed by atoms with Crippen LogP contribution in [0.15, 0.2) is 30.3 Å². The van der Waals surface area contributed by atoms with Gasteiger partial charge in [0.2, 0.25) is 0 Å². The lowest BCUT2D eigenvalue weighted by Gasteiger charge is -2.20. The molecule has 1 rings (SSSR count). The quantitative estimate of drug-likeness (QED) is 0.698. The molecule has 1 aromatic rings. The second kappa shape index (κ2) is 9.50. The predicted molar refractivity (Wildman–Crippen MR) is 81.7 cm³/mol. The van der Waals surface area contributed by atoms with Crippen molar-refractivity contribution in [1.29, 1.82) is 0 Å². The van der Waals surface area contributed by atoms with E-state index < -0.39 is 0 Å². The van der Waals surface area contributed by atoms with E-state index in [1.807, 2.05) is 13.0 Å². The number of esters is 1. The number of nitrogens with one attached hydrogen (secondary N) is 1. The fourth-order valence-electron chi connectivity index (χ4n) is 2.12. The summed E-state index contributed by atoms with van der Waals surface area (Å²) >= 11 is 0. The molecule has 1 aromatic carbocycles. The van der Waals surface area contributed by atoms with Gasteiger partial charge in [-0.2, -0.15) is 0 Å². The maximum atomic E-state index is 11.6. The summed E-state index contributed by atoms with van der Waals surface area (Å²) in [6, 6.07) is 10.2. The number of ether oxygens (including phenoxy) is 1. The summed E-state index contributed by atoms with van der Waals surface area (Å²) in [4.78, 5) is 13.8. The van der Waals surface area contributed by atoms with E-state index in [0.29, 0.717) is 0 Å². The molecule has 0 aromatic heterocycles. The number of likely N-dealkylation sites (N-methyl/N-ethyl adjacent to an activating group) is 2. The van der Waals surface area contributed by atoms with Crippen LogP contribution in [0.1, 0.15) is 18.9 Å². The van der Waals surface area contributed by atoms with Gasteiger partial charge in [0.25, 0.3) is 0 Å². The first-order chi connectivity index (χ1) is 9.67. The highest BCUT2D eigenvalue weighted by molar-refractivity contribution is 5.75. The van der Waals surface area contributed by atoms with Gasteiger partial charge in [-0.1, -0.05) is 37.3 Å². The van der Waals surface area contributed by atoms with Crippen LogP contribution in [0.4, 0.5) is 0 Å². The van der Waals surface area contributed by atoms with Gasteiger partial charge < -0.3 is 15.0 Å². The maximum absolute atomic E-state index is 11.6. The molecular formula is C16H26N2O2. The van der Waals surface area contributed by atoms with Crippen molar-refractivity contribution in [3.05, 3.63) is 35.9 Å². The Balaban J connectivity index is 2.30. The number of carbonyl (C=O) groups excluding carboxylic acids is 1.